The average molecular weight is 349 g/mol. The van der Waals surface area contributed by atoms with Gasteiger partial charge in [0.2, 0.25) is 5.91 Å². The van der Waals surface area contributed by atoms with Crippen LogP contribution in [0.1, 0.15) is 52.4 Å². The number of ether oxygens (including phenoxy) is 1. The number of nitrogens with zero attached hydrogens (tertiary/aromatic N) is 1. The van der Waals surface area contributed by atoms with Crippen molar-refractivity contribution in [2.75, 3.05) is 19.7 Å². The standard InChI is InChI=1S/C19H31N3O3/c1-19(2)15(14-8-11-25-16(14)19)21-18(24)22-9-6-13(7-10-22)20-17(23)12-4-3-5-12/h12-16H,3-11H2,1-2H3,(H,20,23)(H,21,24)/t14-,15+,16+/m0/s1. The molecule has 2 N–H and O–H groups in total. The summed E-state index contributed by atoms with van der Waals surface area (Å²) in [7, 11) is 0. The lowest BCUT2D eigenvalue weighted by molar-refractivity contribution is -0.128. The Morgan fingerprint density at radius 1 is 1.04 bits per heavy atom. The van der Waals surface area contributed by atoms with Crippen molar-refractivity contribution in [2.24, 2.45) is 17.3 Å². The minimum Gasteiger partial charge on any atom is -0.377 e. The van der Waals surface area contributed by atoms with E-state index in [-0.39, 0.29) is 35.4 Å². The second-order valence-electron chi connectivity index (χ2n) is 8.89. The van der Waals surface area contributed by atoms with Crippen molar-refractivity contribution < 1.29 is 14.3 Å². The summed E-state index contributed by atoms with van der Waals surface area (Å²) in [5.74, 6) is 0.930. The summed E-state index contributed by atoms with van der Waals surface area (Å²) in [5, 5.41) is 6.43. The van der Waals surface area contributed by atoms with E-state index in [1.165, 1.54) is 6.42 Å². The van der Waals surface area contributed by atoms with Crippen LogP contribution in [0.2, 0.25) is 0 Å². The maximum Gasteiger partial charge on any atom is 0.317 e. The molecule has 4 aliphatic rings. The number of likely N-dealkylation sites (tertiary alicyclic amines) is 1. The quantitative estimate of drug-likeness (QED) is 0.817. The van der Waals surface area contributed by atoms with Crippen LogP contribution in [0.15, 0.2) is 0 Å². The van der Waals surface area contributed by atoms with Crippen LogP contribution in [0.3, 0.4) is 0 Å². The van der Waals surface area contributed by atoms with Gasteiger partial charge in [0.05, 0.1) is 6.10 Å². The van der Waals surface area contributed by atoms with Gasteiger partial charge < -0.3 is 20.3 Å². The number of hydrogen-bond donors (Lipinski definition) is 2. The van der Waals surface area contributed by atoms with Crippen LogP contribution in [0.5, 0.6) is 0 Å². The molecule has 6 heteroatoms. The molecule has 3 atom stereocenters. The molecule has 25 heavy (non-hydrogen) atoms. The third kappa shape index (κ3) is 3.03. The third-order valence-electron chi connectivity index (χ3n) is 6.98. The molecular formula is C19H31N3O3. The number of amides is 3. The molecule has 0 aromatic rings. The highest BCUT2D eigenvalue weighted by Gasteiger charge is 2.60. The van der Waals surface area contributed by atoms with Gasteiger partial charge in [-0.3, -0.25) is 4.79 Å². The molecule has 0 spiro atoms. The summed E-state index contributed by atoms with van der Waals surface area (Å²) in [6.45, 7) is 6.63. The van der Waals surface area contributed by atoms with E-state index in [4.69, 9.17) is 4.74 Å². The second-order valence-corrected chi connectivity index (χ2v) is 8.89. The lowest BCUT2D eigenvalue weighted by Gasteiger charge is -2.55. The fourth-order valence-corrected chi connectivity index (χ4v) is 5.06. The zero-order valence-electron chi connectivity index (χ0n) is 15.4. The summed E-state index contributed by atoms with van der Waals surface area (Å²) < 4.78 is 5.80. The fourth-order valence-electron chi connectivity index (χ4n) is 5.06. The first-order valence-corrected chi connectivity index (χ1v) is 9.94. The normalized spacial score (nSPS) is 34.6. The first-order valence-electron chi connectivity index (χ1n) is 9.94. The number of urea groups is 1. The smallest absolute Gasteiger partial charge is 0.317 e. The second kappa shape index (κ2) is 6.45. The van der Waals surface area contributed by atoms with Gasteiger partial charge in [0.25, 0.3) is 0 Å². The molecule has 0 bridgehead atoms. The Hall–Kier alpha value is -1.30. The molecule has 2 heterocycles. The summed E-state index contributed by atoms with van der Waals surface area (Å²) >= 11 is 0. The molecule has 0 aromatic carbocycles. The van der Waals surface area contributed by atoms with Gasteiger partial charge in [-0.15, -0.1) is 0 Å². The summed E-state index contributed by atoms with van der Waals surface area (Å²) in [5.41, 5.74) is 0.0197. The van der Waals surface area contributed by atoms with Crippen molar-refractivity contribution in [1.82, 2.24) is 15.5 Å². The number of carbonyl (C=O) groups excluding carboxylic acids is 2. The number of fused-ring (bicyclic) bond motifs is 1. The summed E-state index contributed by atoms with van der Waals surface area (Å²) in [4.78, 5) is 26.6. The molecule has 140 valence electrons. The predicted octanol–water partition coefficient (Wildman–Crippen LogP) is 1.89. The Bertz CT molecular complexity index is 538. The van der Waals surface area contributed by atoms with E-state index in [1.54, 1.807) is 0 Å². The fraction of sp³-hybridized carbons (Fsp3) is 0.895. The topological polar surface area (TPSA) is 70.7 Å². The van der Waals surface area contributed by atoms with Gasteiger partial charge in [0, 0.05) is 49.0 Å². The number of carbonyl (C=O) groups is 2. The molecule has 6 nitrogen and oxygen atoms in total. The maximum absolute atomic E-state index is 12.7. The Morgan fingerprint density at radius 3 is 2.40 bits per heavy atom. The molecule has 0 radical (unpaired) electrons. The minimum absolute atomic E-state index is 0.0197. The molecule has 4 fully saturated rings. The minimum atomic E-state index is 0.0197. The van der Waals surface area contributed by atoms with Crippen molar-refractivity contribution in [2.45, 2.75) is 70.6 Å². The molecule has 0 aromatic heterocycles. The molecule has 3 amide bonds. The van der Waals surface area contributed by atoms with Gasteiger partial charge in [0.15, 0.2) is 0 Å². The number of nitrogens with one attached hydrogen (secondary N) is 2. The van der Waals surface area contributed by atoms with E-state index >= 15 is 0 Å². The lowest BCUT2D eigenvalue weighted by atomic mass is 9.57. The van der Waals surface area contributed by atoms with Crippen LogP contribution >= 0.6 is 0 Å². The van der Waals surface area contributed by atoms with E-state index in [1.807, 2.05) is 4.90 Å². The van der Waals surface area contributed by atoms with Gasteiger partial charge in [-0.2, -0.15) is 0 Å². The van der Waals surface area contributed by atoms with Gasteiger partial charge in [-0.25, -0.2) is 4.79 Å². The van der Waals surface area contributed by atoms with Crippen LogP contribution in [-0.4, -0.2) is 54.7 Å². The first kappa shape index (κ1) is 17.1. The summed E-state index contributed by atoms with van der Waals surface area (Å²) in [6, 6.07) is 0.487. The molecule has 4 rings (SSSR count). The van der Waals surface area contributed by atoms with E-state index < -0.39 is 0 Å². The van der Waals surface area contributed by atoms with Crippen molar-refractivity contribution >= 4 is 11.9 Å². The van der Waals surface area contributed by atoms with Crippen molar-refractivity contribution in [3.05, 3.63) is 0 Å². The highest BCUT2D eigenvalue weighted by Crippen LogP contribution is 2.52. The monoisotopic (exact) mass is 349 g/mol. The van der Waals surface area contributed by atoms with Crippen molar-refractivity contribution in [3.8, 4) is 0 Å². The largest absolute Gasteiger partial charge is 0.377 e. The Kier molecular flexibility index (Phi) is 4.42. The van der Waals surface area contributed by atoms with E-state index in [2.05, 4.69) is 24.5 Å². The van der Waals surface area contributed by atoms with Gasteiger partial charge in [-0.1, -0.05) is 20.3 Å². The average Bonchev–Trinajstić information content (AvgIpc) is 2.98. The first-order chi connectivity index (χ1) is 12.0. The zero-order valence-corrected chi connectivity index (χ0v) is 15.4. The third-order valence-corrected chi connectivity index (χ3v) is 6.98. The van der Waals surface area contributed by atoms with Crippen molar-refractivity contribution in [1.29, 1.82) is 0 Å². The number of rotatable bonds is 3. The highest BCUT2D eigenvalue weighted by atomic mass is 16.5. The Balaban J connectivity index is 1.23. The number of piperidine rings is 1. The van der Waals surface area contributed by atoms with E-state index in [9.17, 15) is 9.59 Å². The predicted molar refractivity (Wildman–Crippen MR) is 94.0 cm³/mol. The summed E-state index contributed by atoms with van der Waals surface area (Å²) in [6.07, 6.45) is 6.32. The van der Waals surface area contributed by atoms with E-state index in [0.29, 0.717) is 12.0 Å². The molecule has 0 unspecified atom stereocenters. The highest BCUT2D eigenvalue weighted by molar-refractivity contribution is 5.79. The Labute approximate surface area is 150 Å². The lowest BCUT2D eigenvalue weighted by Crippen LogP contribution is -2.68. The zero-order chi connectivity index (χ0) is 17.6. The van der Waals surface area contributed by atoms with Gasteiger partial charge >= 0.3 is 6.03 Å². The molecular weight excluding hydrogens is 318 g/mol. The van der Waals surface area contributed by atoms with Gasteiger partial charge in [0.1, 0.15) is 0 Å². The van der Waals surface area contributed by atoms with Gasteiger partial charge in [-0.05, 0) is 32.1 Å². The van der Waals surface area contributed by atoms with Crippen LogP contribution in [-0.2, 0) is 9.53 Å². The molecule has 2 aliphatic carbocycles. The van der Waals surface area contributed by atoms with Crippen LogP contribution in [0.4, 0.5) is 4.79 Å². The van der Waals surface area contributed by atoms with Crippen LogP contribution in [0, 0.1) is 17.3 Å². The van der Waals surface area contributed by atoms with E-state index in [0.717, 1.165) is 51.8 Å². The molecule has 2 aliphatic heterocycles. The van der Waals surface area contributed by atoms with Crippen LogP contribution in [0.25, 0.3) is 0 Å². The maximum atomic E-state index is 12.7. The molecule has 2 saturated heterocycles. The number of hydrogen-bond acceptors (Lipinski definition) is 3. The van der Waals surface area contributed by atoms with Crippen LogP contribution < -0.4 is 10.6 Å². The molecule has 2 saturated carbocycles. The Morgan fingerprint density at radius 2 is 1.76 bits per heavy atom. The van der Waals surface area contributed by atoms with Crippen molar-refractivity contribution in [3.63, 3.8) is 0 Å². The SMILES string of the molecule is CC1(C)[C@H](NC(=O)N2CCC(NC(=O)C3CCC3)CC2)[C@@H]2CCO[C@H]21.